The lowest BCUT2D eigenvalue weighted by Gasteiger charge is -2.42. The minimum absolute atomic E-state index is 0.110. The van der Waals surface area contributed by atoms with Gasteiger partial charge in [-0.15, -0.1) is 11.3 Å². The van der Waals surface area contributed by atoms with Gasteiger partial charge in [-0.1, -0.05) is 27.2 Å². The van der Waals surface area contributed by atoms with E-state index in [1.54, 1.807) is 11.3 Å². The summed E-state index contributed by atoms with van der Waals surface area (Å²) in [5.74, 6) is 0.714. The van der Waals surface area contributed by atoms with Gasteiger partial charge < -0.3 is 5.73 Å². The highest BCUT2D eigenvalue weighted by Gasteiger charge is 2.32. The molecule has 0 amide bonds. The molecule has 0 fully saturated rings. The van der Waals surface area contributed by atoms with Crippen molar-refractivity contribution in [1.29, 1.82) is 0 Å². The Kier molecular flexibility index (Phi) is 6.26. The maximum absolute atomic E-state index is 6.09. The molecule has 1 aromatic heterocycles. The van der Waals surface area contributed by atoms with E-state index in [0.717, 1.165) is 25.1 Å². The van der Waals surface area contributed by atoms with Crippen molar-refractivity contribution in [2.24, 2.45) is 11.7 Å². The van der Waals surface area contributed by atoms with E-state index in [0.29, 0.717) is 12.5 Å². The summed E-state index contributed by atoms with van der Waals surface area (Å²) in [6.45, 7) is 8.42. The Morgan fingerprint density at radius 3 is 2.67 bits per heavy atom. The van der Waals surface area contributed by atoms with Gasteiger partial charge >= 0.3 is 0 Å². The molecule has 0 aliphatic heterocycles. The number of thiazole rings is 1. The van der Waals surface area contributed by atoms with E-state index in [-0.39, 0.29) is 5.54 Å². The predicted molar refractivity (Wildman–Crippen MR) is 79.7 cm³/mol. The molecular formula is C14H27N3S. The van der Waals surface area contributed by atoms with E-state index in [9.17, 15) is 0 Å². The molecule has 104 valence electrons. The molecule has 1 rings (SSSR count). The lowest BCUT2D eigenvalue weighted by molar-refractivity contribution is 0.0845. The zero-order valence-electron chi connectivity index (χ0n) is 12.1. The molecule has 0 radical (unpaired) electrons. The number of nitrogens with zero attached hydrogens (tertiary/aromatic N) is 2. The average molecular weight is 269 g/mol. The standard InChI is InChI=1S/C14H27N3S/c1-5-12(3)7-14(6-2,10-15)17(4)8-13-9-18-11-16-13/h9,11-12H,5-8,10,15H2,1-4H3. The first-order valence-corrected chi connectivity index (χ1v) is 7.80. The van der Waals surface area contributed by atoms with E-state index in [1.807, 2.05) is 5.51 Å². The summed E-state index contributed by atoms with van der Waals surface area (Å²) in [6, 6.07) is 0. The van der Waals surface area contributed by atoms with Crippen LogP contribution in [0.5, 0.6) is 0 Å². The lowest BCUT2D eigenvalue weighted by Crippen LogP contribution is -2.52. The summed E-state index contributed by atoms with van der Waals surface area (Å²) in [5.41, 5.74) is 9.25. The molecule has 2 unspecified atom stereocenters. The highest BCUT2D eigenvalue weighted by atomic mass is 32.1. The lowest BCUT2D eigenvalue weighted by atomic mass is 9.83. The number of hydrogen-bond donors (Lipinski definition) is 1. The van der Waals surface area contributed by atoms with E-state index in [2.05, 4.69) is 43.1 Å². The van der Waals surface area contributed by atoms with Crippen molar-refractivity contribution >= 4 is 11.3 Å². The Balaban J connectivity index is 2.75. The van der Waals surface area contributed by atoms with Crippen LogP contribution in [-0.2, 0) is 6.54 Å². The maximum Gasteiger partial charge on any atom is 0.0795 e. The van der Waals surface area contributed by atoms with Gasteiger partial charge in [0.2, 0.25) is 0 Å². The predicted octanol–water partition coefficient (Wildman–Crippen LogP) is 3.12. The summed E-state index contributed by atoms with van der Waals surface area (Å²) in [7, 11) is 2.18. The van der Waals surface area contributed by atoms with Gasteiger partial charge in [-0.25, -0.2) is 4.98 Å². The number of aromatic nitrogens is 1. The van der Waals surface area contributed by atoms with Crippen LogP contribution in [0, 0.1) is 5.92 Å². The Bertz CT molecular complexity index is 320. The van der Waals surface area contributed by atoms with Crippen molar-refractivity contribution in [3.63, 3.8) is 0 Å². The zero-order valence-corrected chi connectivity index (χ0v) is 13.0. The van der Waals surface area contributed by atoms with Crippen molar-refractivity contribution in [2.75, 3.05) is 13.6 Å². The summed E-state index contributed by atoms with van der Waals surface area (Å²) in [4.78, 5) is 6.77. The van der Waals surface area contributed by atoms with Crippen LogP contribution in [0.2, 0.25) is 0 Å². The number of hydrogen-bond acceptors (Lipinski definition) is 4. The fourth-order valence-electron chi connectivity index (χ4n) is 2.47. The van der Waals surface area contributed by atoms with Crippen molar-refractivity contribution in [2.45, 2.75) is 52.1 Å². The molecule has 2 N–H and O–H groups in total. The molecule has 0 aliphatic carbocycles. The Hall–Kier alpha value is -0.450. The van der Waals surface area contributed by atoms with Crippen molar-refractivity contribution in [3.8, 4) is 0 Å². The van der Waals surface area contributed by atoms with Crippen LogP contribution in [0.3, 0.4) is 0 Å². The van der Waals surface area contributed by atoms with Gasteiger partial charge in [0.25, 0.3) is 0 Å². The number of likely N-dealkylation sites (N-methyl/N-ethyl adjacent to an activating group) is 1. The highest BCUT2D eigenvalue weighted by molar-refractivity contribution is 7.07. The topological polar surface area (TPSA) is 42.1 Å². The van der Waals surface area contributed by atoms with Crippen molar-refractivity contribution in [1.82, 2.24) is 9.88 Å². The highest BCUT2D eigenvalue weighted by Crippen LogP contribution is 2.28. The molecule has 0 bridgehead atoms. The smallest absolute Gasteiger partial charge is 0.0795 e. The largest absolute Gasteiger partial charge is 0.329 e. The molecule has 1 heterocycles. The van der Waals surface area contributed by atoms with Gasteiger partial charge in [-0.2, -0.15) is 0 Å². The van der Waals surface area contributed by atoms with Crippen LogP contribution in [-0.4, -0.2) is 29.0 Å². The monoisotopic (exact) mass is 269 g/mol. The van der Waals surface area contributed by atoms with Gasteiger partial charge in [-0.05, 0) is 25.8 Å². The van der Waals surface area contributed by atoms with Gasteiger partial charge in [0.15, 0.2) is 0 Å². The maximum atomic E-state index is 6.09. The van der Waals surface area contributed by atoms with Crippen LogP contribution >= 0.6 is 11.3 Å². The quantitative estimate of drug-likeness (QED) is 0.788. The van der Waals surface area contributed by atoms with Gasteiger partial charge in [-0.3, -0.25) is 4.90 Å². The first-order chi connectivity index (χ1) is 8.57. The Morgan fingerprint density at radius 1 is 1.50 bits per heavy atom. The first kappa shape index (κ1) is 15.6. The van der Waals surface area contributed by atoms with Gasteiger partial charge in [0.05, 0.1) is 11.2 Å². The average Bonchev–Trinajstić information content (AvgIpc) is 2.88. The van der Waals surface area contributed by atoms with Crippen LogP contribution < -0.4 is 5.73 Å². The summed E-state index contributed by atoms with van der Waals surface area (Å²) >= 11 is 1.66. The molecular weight excluding hydrogens is 242 g/mol. The van der Waals surface area contributed by atoms with Gasteiger partial charge in [0.1, 0.15) is 0 Å². The third-order valence-electron chi connectivity index (χ3n) is 4.16. The SMILES string of the molecule is CCC(C)CC(CC)(CN)N(C)Cc1cscn1. The molecule has 4 heteroatoms. The first-order valence-electron chi connectivity index (χ1n) is 6.86. The van der Waals surface area contributed by atoms with E-state index < -0.39 is 0 Å². The van der Waals surface area contributed by atoms with Crippen LogP contribution in [0.1, 0.15) is 45.7 Å². The van der Waals surface area contributed by atoms with Crippen molar-refractivity contribution in [3.05, 3.63) is 16.6 Å². The summed E-state index contributed by atoms with van der Waals surface area (Å²) < 4.78 is 0. The number of nitrogens with two attached hydrogens (primary N) is 1. The Labute approximate surface area is 115 Å². The van der Waals surface area contributed by atoms with Crippen LogP contribution in [0.4, 0.5) is 0 Å². The normalized spacial score (nSPS) is 16.8. The molecule has 3 nitrogen and oxygen atoms in total. The third-order valence-corrected chi connectivity index (χ3v) is 4.79. The number of rotatable bonds is 8. The minimum atomic E-state index is 0.110. The fourth-order valence-corrected chi connectivity index (χ4v) is 3.02. The molecule has 18 heavy (non-hydrogen) atoms. The molecule has 0 aromatic carbocycles. The zero-order chi connectivity index (χ0) is 13.6. The molecule has 0 saturated heterocycles. The summed E-state index contributed by atoms with van der Waals surface area (Å²) in [5, 5.41) is 2.12. The Morgan fingerprint density at radius 2 is 2.22 bits per heavy atom. The second-order valence-corrected chi connectivity index (χ2v) is 6.05. The molecule has 0 saturated carbocycles. The van der Waals surface area contributed by atoms with E-state index in [1.165, 1.54) is 6.42 Å². The third kappa shape index (κ3) is 3.77. The fraction of sp³-hybridized carbons (Fsp3) is 0.786. The van der Waals surface area contributed by atoms with Gasteiger partial charge in [0, 0.05) is 24.0 Å². The minimum Gasteiger partial charge on any atom is -0.329 e. The van der Waals surface area contributed by atoms with Crippen LogP contribution in [0.25, 0.3) is 0 Å². The second kappa shape index (κ2) is 7.22. The molecule has 0 spiro atoms. The van der Waals surface area contributed by atoms with E-state index >= 15 is 0 Å². The summed E-state index contributed by atoms with van der Waals surface area (Å²) in [6.07, 6.45) is 3.47. The van der Waals surface area contributed by atoms with Crippen molar-refractivity contribution < 1.29 is 0 Å². The van der Waals surface area contributed by atoms with Crippen LogP contribution in [0.15, 0.2) is 10.9 Å². The molecule has 1 aromatic rings. The molecule has 0 aliphatic rings. The molecule has 2 atom stereocenters. The second-order valence-electron chi connectivity index (χ2n) is 5.34. The van der Waals surface area contributed by atoms with E-state index in [4.69, 9.17) is 5.73 Å².